The first-order valence-corrected chi connectivity index (χ1v) is 10.1. The van der Waals surface area contributed by atoms with Gasteiger partial charge in [0.25, 0.3) is 0 Å². The summed E-state index contributed by atoms with van der Waals surface area (Å²) in [5, 5.41) is 0. The van der Waals surface area contributed by atoms with E-state index in [0.717, 1.165) is 19.3 Å². The molecule has 146 valence electrons. The fraction of sp³-hybridized carbons (Fsp3) is 0.591. The third kappa shape index (κ3) is 4.96. The summed E-state index contributed by atoms with van der Waals surface area (Å²) < 4.78 is 11.2. The maximum absolute atomic E-state index is 12.4. The number of carbonyl (C=O) groups excluding carboxylic acids is 3. The first kappa shape index (κ1) is 19.6. The zero-order chi connectivity index (χ0) is 19.2. The van der Waals surface area contributed by atoms with Crippen molar-refractivity contribution in [2.75, 3.05) is 0 Å². The first-order valence-electron chi connectivity index (χ1n) is 10.1. The van der Waals surface area contributed by atoms with Gasteiger partial charge in [-0.1, -0.05) is 38.0 Å². The molecule has 1 saturated heterocycles. The van der Waals surface area contributed by atoms with E-state index in [-0.39, 0.29) is 41.8 Å². The first-order chi connectivity index (χ1) is 13.1. The van der Waals surface area contributed by atoms with E-state index in [1.54, 1.807) is 24.3 Å². The molecule has 4 atom stereocenters. The van der Waals surface area contributed by atoms with Gasteiger partial charge in [0.15, 0.2) is 0 Å². The predicted octanol–water partition coefficient (Wildman–Crippen LogP) is 4.09. The van der Waals surface area contributed by atoms with Crippen molar-refractivity contribution in [1.29, 1.82) is 0 Å². The number of fused-ring (bicyclic) bond motifs is 1. The molecule has 5 nitrogen and oxygen atoms in total. The molecule has 1 aliphatic heterocycles. The molecule has 5 heteroatoms. The van der Waals surface area contributed by atoms with E-state index in [0.29, 0.717) is 37.7 Å². The second-order valence-corrected chi connectivity index (χ2v) is 7.64. The number of unbranched alkanes of at least 4 members (excludes halogenated alkanes) is 2. The lowest BCUT2D eigenvalue weighted by molar-refractivity contribution is -0.141. The van der Waals surface area contributed by atoms with Crippen LogP contribution < -0.4 is 0 Å². The second kappa shape index (κ2) is 9.16. The van der Waals surface area contributed by atoms with Gasteiger partial charge in [0.05, 0.1) is 12.0 Å². The SMILES string of the molecule is CCCCCC(=O)CCC1C(OC(=O)c2ccccc2)CC2OC(=O)CC21. The van der Waals surface area contributed by atoms with Crippen LogP contribution in [-0.4, -0.2) is 29.9 Å². The van der Waals surface area contributed by atoms with Crippen LogP contribution in [0, 0.1) is 11.8 Å². The highest BCUT2D eigenvalue weighted by Crippen LogP contribution is 2.45. The lowest BCUT2D eigenvalue weighted by Gasteiger charge is -2.23. The molecule has 4 unspecified atom stereocenters. The fourth-order valence-corrected chi connectivity index (χ4v) is 4.30. The molecule has 2 fully saturated rings. The lowest BCUT2D eigenvalue weighted by atomic mass is 9.87. The van der Waals surface area contributed by atoms with Crippen molar-refractivity contribution < 1.29 is 23.9 Å². The average molecular weight is 372 g/mol. The summed E-state index contributed by atoms with van der Waals surface area (Å²) in [6.45, 7) is 2.12. The van der Waals surface area contributed by atoms with Crippen LogP contribution in [0.5, 0.6) is 0 Å². The minimum atomic E-state index is -0.355. The van der Waals surface area contributed by atoms with Crippen LogP contribution in [0.15, 0.2) is 30.3 Å². The fourth-order valence-electron chi connectivity index (χ4n) is 4.30. The van der Waals surface area contributed by atoms with Crippen molar-refractivity contribution in [3.8, 4) is 0 Å². The Labute approximate surface area is 160 Å². The molecule has 1 aliphatic carbocycles. The Bertz CT molecular complexity index is 669. The van der Waals surface area contributed by atoms with E-state index in [9.17, 15) is 14.4 Å². The van der Waals surface area contributed by atoms with Gasteiger partial charge >= 0.3 is 11.9 Å². The van der Waals surface area contributed by atoms with Crippen molar-refractivity contribution >= 4 is 17.7 Å². The highest BCUT2D eigenvalue weighted by Gasteiger charge is 2.51. The molecule has 0 spiro atoms. The van der Waals surface area contributed by atoms with Crippen LogP contribution >= 0.6 is 0 Å². The second-order valence-electron chi connectivity index (χ2n) is 7.64. The van der Waals surface area contributed by atoms with Crippen molar-refractivity contribution in [2.45, 2.75) is 70.5 Å². The molecular weight excluding hydrogens is 344 g/mol. The number of ether oxygens (including phenoxy) is 2. The number of Topliss-reactive ketones (excluding diaryl/α,β-unsaturated/α-hetero) is 1. The third-order valence-corrected chi connectivity index (χ3v) is 5.74. The van der Waals surface area contributed by atoms with Crippen LogP contribution in [-0.2, 0) is 19.1 Å². The quantitative estimate of drug-likeness (QED) is 0.482. The Hall–Kier alpha value is -2.17. The number of hydrogen-bond donors (Lipinski definition) is 0. The normalized spacial score (nSPS) is 26.5. The van der Waals surface area contributed by atoms with Gasteiger partial charge in [-0.2, -0.15) is 0 Å². The van der Waals surface area contributed by atoms with Gasteiger partial charge in [-0.05, 0) is 25.0 Å². The Kier molecular flexibility index (Phi) is 6.64. The molecular formula is C22H28O5. The van der Waals surface area contributed by atoms with Gasteiger partial charge in [-0.15, -0.1) is 0 Å². The standard InChI is InChI=1S/C22H28O5/c1-2-3-5-10-16(23)11-12-17-18-13-21(24)26-20(18)14-19(17)27-22(25)15-8-6-4-7-9-15/h4,6-9,17-20H,2-3,5,10-14H2,1H3. The van der Waals surface area contributed by atoms with E-state index in [1.165, 1.54) is 0 Å². The van der Waals surface area contributed by atoms with Crippen molar-refractivity contribution in [3.63, 3.8) is 0 Å². The summed E-state index contributed by atoms with van der Waals surface area (Å²) in [7, 11) is 0. The lowest BCUT2D eigenvalue weighted by Crippen LogP contribution is -2.26. The summed E-state index contributed by atoms with van der Waals surface area (Å²) >= 11 is 0. The number of hydrogen-bond acceptors (Lipinski definition) is 5. The summed E-state index contributed by atoms with van der Waals surface area (Å²) in [5.74, 6) is -0.229. The Morgan fingerprint density at radius 2 is 1.93 bits per heavy atom. The molecule has 1 aromatic rings. The molecule has 2 aliphatic rings. The maximum atomic E-state index is 12.4. The number of benzene rings is 1. The van der Waals surface area contributed by atoms with Gasteiger partial charge in [0, 0.05) is 31.1 Å². The summed E-state index contributed by atoms with van der Waals surface area (Å²) in [6.07, 6.45) is 5.23. The molecule has 1 saturated carbocycles. The van der Waals surface area contributed by atoms with Gasteiger partial charge < -0.3 is 9.47 Å². The number of carbonyl (C=O) groups is 3. The van der Waals surface area contributed by atoms with Crippen molar-refractivity contribution in [1.82, 2.24) is 0 Å². The van der Waals surface area contributed by atoms with E-state index in [1.807, 2.05) is 6.07 Å². The zero-order valence-corrected chi connectivity index (χ0v) is 15.9. The molecule has 0 radical (unpaired) electrons. The molecule has 0 N–H and O–H groups in total. The highest BCUT2D eigenvalue weighted by atomic mass is 16.6. The number of ketones is 1. The Balaban J connectivity index is 1.60. The molecule has 0 aromatic heterocycles. The van der Waals surface area contributed by atoms with Crippen LogP contribution in [0.2, 0.25) is 0 Å². The third-order valence-electron chi connectivity index (χ3n) is 5.74. The largest absolute Gasteiger partial charge is 0.462 e. The van der Waals surface area contributed by atoms with E-state index in [2.05, 4.69) is 6.92 Å². The van der Waals surface area contributed by atoms with Crippen LogP contribution in [0.1, 0.15) is 68.6 Å². The maximum Gasteiger partial charge on any atom is 0.338 e. The summed E-state index contributed by atoms with van der Waals surface area (Å²) in [5.41, 5.74) is 0.515. The summed E-state index contributed by atoms with van der Waals surface area (Å²) in [4.78, 5) is 36.3. The monoisotopic (exact) mass is 372 g/mol. The average Bonchev–Trinajstić information content (AvgIpc) is 3.16. The van der Waals surface area contributed by atoms with Crippen LogP contribution in [0.25, 0.3) is 0 Å². The van der Waals surface area contributed by atoms with Crippen LogP contribution in [0.3, 0.4) is 0 Å². The van der Waals surface area contributed by atoms with Crippen molar-refractivity contribution in [3.05, 3.63) is 35.9 Å². The van der Waals surface area contributed by atoms with E-state index in [4.69, 9.17) is 9.47 Å². The Morgan fingerprint density at radius 3 is 2.67 bits per heavy atom. The number of rotatable bonds is 9. The van der Waals surface area contributed by atoms with Gasteiger partial charge in [0.2, 0.25) is 0 Å². The minimum Gasteiger partial charge on any atom is -0.462 e. The molecule has 0 amide bonds. The Morgan fingerprint density at radius 1 is 1.15 bits per heavy atom. The molecule has 0 bridgehead atoms. The minimum absolute atomic E-state index is 0.00392. The van der Waals surface area contributed by atoms with Gasteiger partial charge in [-0.3, -0.25) is 9.59 Å². The van der Waals surface area contributed by atoms with Gasteiger partial charge in [-0.25, -0.2) is 4.79 Å². The predicted molar refractivity (Wildman–Crippen MR) is 100 cm³/mol. The molecule has 27 heavy (non-hydrogen) atoms. The van der Waals surface area contributed by atoms with E-state index >= 15 is 0 Å². The smallest absolute Gasteiger partial charge is 0.338 e. The van der Waals surface area contributed by atoms with Crippen molar-refractivity contribution in [2.24, 2.45) is 11.8 Å². The molecule has 1 aromatic carbocycles. The topological polar surface area (TPSA) is 69.7 Å². The number of esters is 2. The van der Waals surface area contributed by atoms with E-state index < -0.39 is 0 Å². The zero-order valence-electron chi connectivity index (χ0n) is 15.9. The molecule has 1 heterocycles. The molecule has 3 rings (SSSR count). The van der Waals surface area contributed by atoms with Crippen LogP contribution in [0.4, 0.5) is 0 Å². The highest BCUT2D eigenvalue weighted by molar-refractivity contribution is 5.89. The van der Waals surface area contributed by atoms with Gasteiger partial charge in [0.1, 0.15) is 18.0 Å². The summed E-state index contributed by atoms with van der Waals surface area (Å²) in [6, 6.07) is 8.90.